The Morgan fingerprint density at radius 3 is 1.38 bits per heavy atom. The summed E-state index contributed by atoms with van der Waals surface area (Å²) < 4.78 is 11.9. The van der Waals surface area contributed by atoms with Gasteiger partial charge in [-0.25, -0.2) is 15.9 Å². The van der Waals surface area contributed by atoms with E-state index in [9.17, 15) is 0 Å². The van der Waals surface area contributed by atoms with Gasteiger partial charge in [0.05, 0.1) is 22.4 Å². The van der Waals surface area contributed by atoms with Crippen molar-refractivity contribution in [3.05, 3.63) is 144 Å². The van der Waals surface area contributed by atoms with E-state index in [4.69, 9.17) is 20.2 Å². The van der Waals surface area contributed by atoms with Crippen LogP contribution in [-0.4, -0.2) is 9.97 Å². The molecule has 0 fully saturated rings. The highest BCUT2D eigenvalue weighted by atomic mass is 16.6. The van der Waals surface area contributed by atoms with E-state index in [1.807, 2.05) is 109 Å². The Balaban J connectivity index is 1.07. The highest BCUT2D eigenvalue weighted by molar-refractivity contribution is 5.79. The molecule has 6 nitrogen and oxygen atoms in total. The van der Waals surface area contributed by atoms with E-state index < -0.39 is 6.10 Å². The van der Waals surface area contributed by atoms with Gasteiger partial charge in [0.25, 0.3) is 0 Å². The molecular weight excluding hydrogens is 486 g/mol. The molecule has 6 aromatic rings. The summed E-state index contributed by atoms with van der Waals surface area (Å²) in [6.45, 7) is 0.772. The summed E-state index contributed by atoms with van der Waals surface area (Å²) in [5, 5.41) is 2.22. The number of hydrogen-bond acceptors (Lipinski definition) is 6. The Labute approximate surface area is 226 Å². The lowest BCUT2D eigenvalue weighted by atomic mass is 10.0. The van der Waals surface area contributed by atoms with Gasteiger partial charge in [0.1, 0.15) is 30.8 Å². The molecule has 2 heterocycles. The third-order valence-corrected chi connectivity index (χ3v) is 6.59. The fourth-order valence-corrected chi connectivity index (χ4v) is 4.52. The molecule has 2 N–H and O–H groups in total. The summed E-state index contributed by atoms with van der Waals surface area (Å²) in [7, 11) is 0. The molecule has 192 valence electrons. The molecule has 0 aliphatic carbocycles. The van der Waals surface area contributed by atoms with Crippen molar-refractivity contribution in [2.24, 2.45) is 5.90 Å². The van der Waals surface area contributed by atoms with Crippen LogP contribution in [0.25, 0.3) is 21.8 Å². The third kappa shape index (κ3) is 5.72. The second kappa shape index (κ2) is 11.3. The first kappa shape index (κ1) is 24.6. The van der Waals surface area contributed by atoms with E-state index in [-0.39, 0.29) is 0 Å². The molecule has 0 aliphatic heterocycles. The Kier molecular flexibility index (Phi) is 7.12. The van der Waals surface area contributed by atoms with Crippen LogP contribution < -0.4 is 15.4 Å². The average Bonchev–Trinajstić information content (AvgIpc) is 3.00. The average molecular weight is 514 g/mol. The Morgan fingerprint density at radius 2 is 0.949 bits per heavy atom. The van der Waals surface area contributed by atoms with Crippen molar-refractivity contribution in [1.82, 2.24) is 9.97 Å². The molecule has 0 spiro atoms. The maximum atomic E-state index is 5.96. The van der Waals surface area contributed by atoms with Crippen LogP contribution >= 0.6 is 0 Å². The van der Waals surface area contributed by atoms with Gasteiger partial charge in [-0.05, 0) is 59.7 Å². The minimum absolute atomic E-state index is 0.386. The van der Waals surface area contributed by atoms with Crippen LogP contribution in [0.15, 0.2) is 121 Å². The van der Waals surface area contributed by atoms with Crippen LogP contribution in [0.3, 0.4) is 0 Å². The van der Waals surface area contributed by atoms with Gasteiger partial charge in [-0.2, -0.15) is 0 Å². The molecule has 6 rings (SSSR count). The zero-order valence-electron chi connectivity index (χ0n) is 21.2. The highest BCUT2D eigenvalue weighted by Gasteiger charge is 2.15. The van der Waals surface area contributed by atoms with Gasteiger partial charge in [0, 0.05) is 10.8 Å². The van der Waals surface area contributed by atoms with Crippen molar-refractivity contribution in [2.75, 3.05) is 0 Å². The van der Waals surface area contributed by atoms with Crippen LogP contribution in [0.4, 0.5) is 0 Å². The highest BCUT2D eigenvalue weighted by Crippen LogP contribution is 2.28. The van der Waals surface area contributed by atoms with Gasteiger partial charge in [0.15, 0.2) is 0 Å². The molecule has 0 aliphatic rings. The summed E-state index contributed by atoms with van der Waals surface area (Å²) in [4.78, 5) is 14.7. The van der Waals surface area contributed by atoms with Crippen molar-refractivity contribution in [1.29, 1.82) is 0 Å². The molecule has 2 aromatic heterocycles. The number of benzene rings is 4. The summed E-state index contributed by atoms with van der Waals surface area (Å²) in [6.07, 6.45) is -0.419. The lowest BCUT2D eigenvalue weighted by Crippen LogP contribution is -2.11. The Morgan fingerprint density at radius 1 is 0.513 bits per heavy atom. The Bertz CT molecular complexity index is 1580. The summed E-state index contributed by atoms with van der Waals surface area (Å²) in [6, 6.07) is 39.6. The zero-order valence-corrected chi connectivity index (χ0v) is 21.2. The number of pyridine rings is 2. The number of rotatable bonds is 9. The third-order valence-electron chi connectivity index (χ3n) is 6.59. The number of hydrogen-bond donors (Lipinski definition) is 1. The standard InChI is InChI=1S/C33H27N3O3/c34-39-33(25-11-17-29(18-12-25)37-21-27-15-9-23-5-1-3-7-31(23)35-27)26-13-19-30(20-14-26)38-22-28-16-10-24-6-2-4-8-32(24)36-28/h1-20,33H,21-22,34H2. The number of nitrogens with zero attached hydrogens (tertiary/aromatic N) is 2. The van der Waals surface area contributed by atoms with Crippen molar-refractivity contribution in [3.63, 3.8) is 0 Å². The molecule has 0 amide bonds. The van der Waals surface area contributed by atoms with Gasteiger partial charge in [-0.1, -0.05) is 72.8 Å². The van der Waals surface area contributed by atoms with E-state index in [1.54, 1.807) is 0 Å². The minimum atomic E-state index is -0.419. The fraction of sp³-hybridized carbons (Fsp3) is 0.0909. The van der Waals surface area contributed by atoms with Crippen molar-refractivity contribution in [3.8, 4) is 11.5 Å². The molecule has 0 atom stereocenters. The Hall–Kier alpha value is -4.78. The lowest BCUT2D eigenvalue weighted by molar-refractivity contribution is 0.0812. The smallest absolute Gasteiger partial charge is 0.130 e. The lowest BCUT2D eigenvalue weighted by Gasteiger charge is -2.17. The van der Waals surface area contributed by atoms with Gasteiger partial charge in [0.2, 0.25) is 0 Å². The van der Waals surface area contributed by atoms with E-state index in [1.165, 1.54) is 0 Å². The van der Waals surface area contributed by atoms with E-state index in [0.717, 1.165) is 55.8 Å². The van der Waals surface area contributed by atoms with Gasteiger partial charge in [-0.15, -0.1) is 0 Å². The van der Waals surface area contributed by atoms with Crippen LogP contribution in [0.5, 0.6) is 11.5 Å². The zero-order chi connectivity index (χ0) is 26.4. The normalized spacial score (nSPS) is 11.2. The molecular formula is C33H27N3O3. The molecule has 0 bridgehead atoms. The SMILES string of the molecule is NOC(c1ccc(OCc2ccc3ccccc3n2)cc1)c1ccc(OCc2ccc3ccccc3n2)cc1. The molecule has 0 saturated heterocycles. The van der Waals surface area contributed by atoms with Gasteiger partial charge < -0.3 is 9.47 Å². The van der Waals surface area contributed by atoms with E-state index in [0.29, 0.717) is 13.2 Å². The first-order valence-electron chi connectivity index (χ1n) is 12.8. The minimum Gasteiger partial charge on any atom is -0.487 e. The topological polar surface area (TPSA) is 79.5 Å². The van der Waals surface area contributed by atoms with E-state index >= 15 is 0 Å². The maximum absolute atomic E-state index is 5.96. The number of para-hydroxylation sites is 2. The van der Waals surface area contributed by atoms with Crippen LogP contribution in [0.1, 0.15) is 28.6 Å². The molecule has 39 heavy (non-hydrogen) atoms. The van der Waals surface area contributed by atoms with E-state index in [2.05, 4.69) is 22.1 Å². The predicted molar refractivity (Wildman–Crippen MR) is 152 cm³/mol. The summed E-state index contributed by atoms with van der Waals surface area (Å²) in [5.41, 5.74) is 5.50. The maximum Gasteiger partial charge on any atom is 0.130 e. The fourth-order valence-electron chi connectivity index (χ4n) is 4.52. The number of nitrogens with two attached hydrogens (primary N) is 1. The quantitative estimate of drug-likeness (QED) is 0.211. The monoisotopic (exact) mass is 513 g/mol. The van der Waals surface area contributed by atoms with Crippen LogP contribution in [0.2, 0.25) is 0 Å². The summed E-state index contributed by atoms with van der Waals surface area (Å²) >= 11 is 0. The number of aromatic nitrogens is 2. The first-order valence-corrected chi connectivity index (χ1v) is 12.8. The molecule has 0 unspecified atom stereocenters. The van der Waals surface area contributed by atoms with Crippen molar-refractivity contribution >= 4 is 21.8 Å². The molecule has 0 radical (unpaired) electrons. The van der Waals surface area contributed by atoms with Gasteiger partial charge in [-0.3, -0.25) is 4.84 Å². The van der Waals surface area contributed by atoms with Crippen molar-refractivity contribution < 1.29 is 14.3 Å². The summed E-state index contributed by atoms with van der Waals surface area (Å²) in [5.74, 6) is 7.19. The second-order valence-corrected chi connectivity index (χ2v) is 9.22. The predicted octanol–water partition coefficient (Wildman–Crippen LogP) is 6.92. The molecule has 4 aromatic carbocycles. The van der Waals surface area contributed by atoms with Crippen LogP contribution in [0, 0.1) is 0 Å². The number of fused-ring (bicyclic) bond motifs is 2. The second-order valence-electron chi connectivity index (χ2n) is 9.22. The molecule has 6 heteroatoms. The van der Waals surface area contributed by atoms with Crippen molar-refractivity contribution in [2.45, 2.75) is 19.3 Å². The first-order chi connectivity index (χ1) is 19.2. The molecule has 0 saturated carbocycles. The van der Waals surface area contributed by atoms with Gasteiger partial charge >= 0.3 is 0 Å². The number of ether oxygens (including phenoxy) is 2. The van der Waals surface area contributed by atoms with Crippen LogP contribution in [-0.2, 0) is 18.1 Å². The largest absolute Gasteiger partial charge is 0.487 e.